The summed E-state index contributed by atoms with van der Waals surface area (Å²) in [7, 11) is 0. The molecule has 4 rings (SSSR count). The van der Waals surface area contributed by atoms with Crippen LogP contribution in [-0.2, 0) is 11.3 Å². The zero-order valence-corrected chi connectivity index (χ0v) is 17.1. The lowest BCUT2D eigenvalue weighted by Crippen LogP contribution is -2.37. The Balaban J connectivity index is 0.00000240. The van der Waals surface area contributed by atoms with Crippen molar-refractivity contribution >= 4 is 18.3 Å². The number of nitrogens with one attached hydrogen (secondary N) is 1. The van der Waals surface area contributed by atoms with Gasteiger partial charge in [-0.3, -0.25) is 4.79 Å². The molecule has 2 unspecified atom stereocenters. The van der Waals surface area contributed by atoms with Crippen LogP contribution < -0.4 is 11.1 Å². The van der Waals surface area contributed by atoms with Crippen molar-refractivity contribution in [3.05, 3.63) is 72.4 Å². The van der Waals surface area contributed by atoms with Crippen LogP contribution in [0.3, 0.4) is 0 Å². The van der Waals surface area contributed by atoms with Crippen LogP contribution in [0.5, 0.6) is 0 Å². The van der Waals surface area contributed by atoms with Gasteiger partial charge in [-0.05, 0) is 31.4 Å². The first-order chi connectivity index (χ1) is 13.7. The molecule has 1 heterocycles. The van der Waals surface area contributed by atoms with Gasteiger partial charge in [0.05, 0.1) is 11.4 Å². The van der Waals surface area contributed by atoms with Gasteiger partial charge in [-0.15, -0.1) is 12.4 Å². The van der Waals surface area contributed by atoms with E-state index in [1.165, 1.54) is 0 Å². The highest BCUT2D eigenvalue weighted by atomic mass is 35.5. The molecule has 2 atom stereocenters. The van der Waals surface area contributed by atoms with Crippen LogP contribution >= 0.6 is 12.4 Å². The van der Waals surface area contributed by atoms with Crippen LogP contribution in [0.1, 0.15) is 31.2 Å². The van der Waals surface area contributed by atoms with E-state index in [4.69, 9.17) is 10.8 Å². The molecule has 2 aromatic carbocycles. The van der Waals surface area contributed by atoms with E-state index >= 15 is 0 Å². The first kappa shape index (κ1) is 21.1. The van der Waals surface area contributed by atoms with Gasteiger partial charge in [-0.1, -0.05) is 55.0 Å². The van der Waals surface area contributed by atoms with Crippen LogP contribution in [0.4, 0.5) is 0 Å². The maximum atomic E-state index is 12.6. The lowest BCUT2D eigenvalue weighted by Gasteiger charge is -2.25. The molecule has 3 N–H and O–H groups in total. The molecule has 1 saturated carbocycles. The van der Waals surface area contributed by atoms with Gasteiger partial charge in [0, 0.05) is 35.8 Å². The molecule has 6 heteroatoms. The van der Waals surface area contributed by atoms with Crippen molar-refractivity contribution in [2.45, 2.75) is 38.3 Å². The van der Waals surface area contributed by atoms with Gasteiger partial charge in [-0.2, -0.15) is 5.10 Å². The van der Waals surface area contributed by atoms with Gasteiger partial charge in [0.2, 0.25) is 5.91 Å². The molecular formula is C23H27ClN4O. The van der Waals surface area contributed by atoms with Gasteiger partial charge >= 0.3 is 0 Å². The molecule has 1 aliphatic carbocycles. The Labute approximate surface area is 177 Å². The van der Waals surface area contributed by atoms with E-state index in [1.807, 2.05) is 71.5 Å². The third kappa shape index (κ3) is 5.05. The first-order valence-corrected chi connectivity index (χ1v) is 9.93. The Hall–Kier alpha value is -2.63. The number of hydrogen-bond acceptors (Lipinski definition) is 3. The van der Waals surface area contributed by atoms with Crippen LogP contribution in [0.15, 0.2) is 66.9 Å². The topological polar surface area (TPSA) is 72.9 Å². The summed E-state index contributed by atoms with van der Waals surface area (Å²) in [5.41, 5.74) is 9.98. The average molecular weight is 411 g/mol. The molecule has 0 bridgehead atoms. The van der Waals surface area contributed by atoms with Crippen molar-refractivity contribution in [2.75, 3.05) is 0 Å². The van der Waals surface area contributed by atoms with Crippen molar-refractivity contribution in [3.63, 3.8) is 0 Å². The fourth-order valence-corrected chi connectivity index (χ4v) is 3.88. The number of aromatic nitrogens is 2. The van der Waals surface area contributed by atoms with Gasteiger partial charge in [0.1, 0.15) is 0 Å². The number of nitrogens with two attached hydrogens (primary N) is 1. The number of carbonyl (C=O) groups is 1. The summed E-state index contributed by atoms with van der Waals surface area (Å²) >= 11 is 0. The minimum atomic E-state index is 0. The molecule has 0 saturated heterocycles. The molecular weight excluding hydrogens is 384 g/mol. The monoisotopic (exact) mass is 410 g/mol. The minimum Gasteiger partial charge on any atom is -0.352 e. The molecule has 3 aromatic rings. The van der Waals surface area contributed by atoms with Crippen molar-refractivity contribution in [2.24, 2.45) is 11.7 Å². The number of carbonyl (C=O) groups excluding carboxylic acids is 1. The standard InChI is InChI=1S/C23H26N4O.ClH/c24-20-11-7-10-18(14-20)23(28)25-15-19-16-27(21-12-5-2-6-13-21)26-22(19)17-8-3-1-4-9-17;/h1-6,8-9,12-13,16,18,20H,7,10-11,14-15,24H2,(H,25,28);1H. The summed E-state index contributed by atoms with van der Waals surface area (Å²) in [5, 5.41) is 7.91. The normalized spacial score (nSPS) is 18.7. The molecule has 0 spiro atoms. The van der Waals surface area contributed by atoms with E-state index in [2.05, 4.69) is 5.32 Å². The fourth-order valence-electron chi connectivity index (χ4n) is 3.88. The summed E-state index contributed by atoms with van der Waals surface area (Å²) in [6.45, 7) is 0.460. The smallest absolute Gasteiger partial charge is 0.223 e. The molecule has 1 amide bonds. The van der Waals surface area contributed by atoms with Crippen LogP contribution in [0.2, 0.25) is 0 Å². The second-order valence-electron chi connectivity index (χ2n) is 7.49. The second kappa shape index (κ2) is 9.72. The third-order valence-corrected chi connectivity index (χ3v) is 5.40. The number of rotatable bonds is 5. The summed E-state index contributed by atoms with van der Waals surface area (Å²) in [6, 6.07) is 20.2. The van der Waals surface area contributed by atoms with E-state index in [9.17, 15) is 4.79 Å². The summed E-state index contributed by atoms with van der Waals surface area (Å²) in [5.74, 6) is 0.120. The molecule has 1 fully saturated rings. The zero-order valence-electron chi connectivity index (χ0n) is 16.3. The van der Waals surface area contributed by atoms with E-state index in [-0.39, 0.29) is 30.3 Å². The highest BCUT2D eigenvalue weighted by molar-refractivity contribution is 5.85. The highest BCUT2D eigenvalue weighted by Crippen LogP contribution is 2.25. The van der Waals surface area contributed by atoms with Gasteiger partial charge in [-0.25, -0.2) is 4.68 Å². The Kier molecular flexibility index (Phi) is 7.07. The van der Waals surface area contributed by atoms with Gasteiger partial charge < -0.3 is 11.1 Å². The lowest BCUT2D eigenvalue weighted by atomic mass is 9.85. The number of benzene rings is 2. The summed E-state index contributed by atoms with van der Waals surface area (Å²) < 4.78 is 1.88. The maximum absolute atomic E-state index is 12.6. The Morgan fingerprint density at radius 1 is 1.07 bits per heavy atom. The Morgan fingerprint density at radius 2 is 1.76 bits per heavy atom. The largest absolute Gasteiger partial charge is 0.352 e. The predicted octanol–water partition coefficient (Wildman–Crippen LogP) is 4.09. The molecule has 29 heavy (non-hydrogen) atoms. The molecule has 1 aliphatic rings. The quantitative estimate of drug-likeness (QED) is 0.665. The maximum Gasteiger partial charge on any atom is 0.223 e. The average Bonchev–Trinajstić information content (AvgIpc) is 3.17. The zero-order chi connectivity index (χ0) is 19.3. The minimum absolute atomic E-state index is 0. The SMILES string of the molecule is Cl.NC1CCCC(C(=O)NCc2cn(-c3ccccc3)nc2-c2ccccc2)C1. The number of para-hydroxylation sites is 1. The fraction of sp³-hybridized carbons (Fsp3) is 0.304. The molecule has 0 radical (unpaired) electrons. The first-order valence-electron chi connectivity index (χ1n) is 9.93. The molecule has 5 nitrogen and oxygen atoms in total. The van der Waals surface area contributed by atoms with Crippen LogP contribution in [-0.4, -0.2) is 21.7 Å². The van der Waals surface area contributed by atoms with E-state index in [0.717, 1.165) is 48.2 Å². The van der Waals surface area contributed by atoms with Crippen molar-refractivity contribution in [3.8, 4) is 16.9 Å². The Bertz CT molecular complexity index is 927. The molecule has 0 aliphatic heterocycles. The van der Waals surface area contributed by atoms with Crippen LogP contribution in [0.25, 0.3) is 16.9 Å². The highest BCUT2D eigenvalue weighted by Gasteiger charge is 2.25. The van der Waals surface area contributed by atoms with Crippen molar-refractivity contribution in [1.82, 2.24) is 15.1 Å². The molecule has 1 aromatic heterocycles. The van der Waals surface area contributed by atoms with E-state index < -0.39 is 0 Å². The third-order valence-electron chi connectivity index (χ3n) is 5.40. The number of nitrogens with zero attached hydrogens (tertiary/aromatic N) is 2. The van der Waals surface area contributed by atoms with Gasteiger partial charge in [0.15, 0.2) is 0 Å². The van der Waals surface area contributed by atoms with Crippen molar-refractivity contribution in [1.29, 1.82) is 0 Å². The van der Waals surface area contributed by atoms with E-state index in [1.54, 1.807) is 0 Å². The predicted molar refractivity (Wildman–Crippen MR) is 118 cm³/mol. The van der Waals surface area contributed by atoms with Crippen molar-refractivity contribution < 1.29 is 4.79 Å². The summed E-state index contributed by atoms with van der Waals surface area (Å²) in [4.78, 5) is 12.6. The number of amides is 1. The van der Waals surface area contributed by atoms with Crippen LogP contribution in [0, 0.1) is 5.92 Å². The Morgan fingerprint density at radius 3 is 2.45 bits per heavy atom. The second-order valence-corrected chi connectivity index (χ2v) is 7.49. The molecule has 152 valence electrons. The summed E-state index contributed by atoms with van der Waals surface area (Å²) in [6.07, 6.45) is 5.76. The van der Waals surface area contributed by atoms with Gasteiger partial charge in [0.25, 0.3) is 0 Å². The number of hydrogen-bond donors (Lipinski definition) is 2. The lowest BCUT2D eigenvalue weighted by molar-refractivity contribution is -0.126. The number of halogens is 1. The van der Waals surface area contributed by atoms with E-state index in [0.29, 0.717) is 6.54 Å².